The van der Waals surface area contributed by atoms with Crippen molar-refractivity contribution in [2.24, 2.45) is 0 Å². The van der Waals surface area contributed by atoms with E-state index in [4.69, 9.17) is 18.9 Å². The SMILES string of the molecule is CCCCCCC1CSCCOCCOCCOCCO1. The zero-order valence-electron chi connectivity index (χ0n) is 13.5. The summed E-state index contributed by atoms with van der Waals surface area (Å²) in [5.41, 5.74) is 0. The minimum atomic E-state index is 0.358. The van der Waals surface area contributed by atoms with Crippen molar-refractivity contribution < 1.29 is 18.9 Å². The summed E-state index contributed by atoms with van der Waals surface area (Å²) >= 11 is 1.93. The number of ether oxygens (including phenoxy) is 4. The largest absolute Gasteiger partial charge is 0.378 e. The number of hydrogen-bond acceptors (Lipinski definition) is 5. The first-order valence-corrected chi connectivity index (χ1v) is 9.51. The molecular formula is C16H32O4S. The van der Waals surface area contributed by atoms with E-state index in [0.717, 1.165) is 24.5 Å². The van der Waals surface area contributed by atoms with E-state index in [1.165, 1.54) is 25.7 Å². The van der Waals surface area contributed by atoms with Crippen molar-refractivity contribution in [2.45, 2.75) is 45.1 Å². The molecule has 0 amide bonds. The maximum atomic E-state index is 5.97. The van der Waals surface area contributed by atoms with Crippen LogP contribution in [0.4, 0.5) is 0 Å². The van der Waals surface area contributed by atoms with Crippen LogP contribution in [-0.2, 0) is 18.9 Å². The lowest BCUT2D eigenvalue weighted by molar-refractivity contribution is -0.0141. The molecule has 0 aromatic rings. The summed E-state index contributed by atoms with van der Waals surface area (Å²) in [5, 5.41) is 0. The van der Waals surface area contributed by atoms with Gasteiger partial charge in [-0.15, -0.1) is 0 Å². The second-order valence-electron chi connectivity index (χ2n) is 5.25. The second kappa shape index (κ2) is 15.1. The van der Waals surface area contributed by atoms with Crippen LogP contribution in [0.25, 0.3) is 0 Å². The van der Waals surface area contributed by atoms with Gasteiger partial charge in [-0.3, -0.25) is 0 Å². The third kappa shape index (κ3) is 12.4. The molecule has 1 heterocycles. The van der Waals surface area contributed by atoms with Gasteiger partial charge in [-0.1, -0.05) is 32.6 Å². The molecule has 0 radical (unpaired) electrons. The Balaban J connectivity index is 2.20. The molecule has 1 saturated heterocycles. The smallest absolute Gasteiger partial charge is 0.0704 e. The van der Waals surface area contributed by atoms with Crippen LogP contribution < -0.4 is 0 Å². The average Bonchev–Trinajstić information content (AvgIpc) is 2.51. The van der Waals surface area contributed by atoms with E-state index >= 15 is 0 Å². The van der Waals surface area contributed by atoms with Gasteiger partial charge in [0.1, 0.15) is 0 Å². The van der Waals surface area contributed by atoms with Gasteiger partial charge in [0.2, 0.25) is 0 Å². The third-order valence-corrected chi connectivity index (χ3v) is 4.44. The van der Waals surface area contributed by atoms with Gasteiger partial charge in [-0.25, -0.2) is 0 Å². The lowest BCUT2D eigenvalue weighted by Gasteiger charge is -2.17. The van der Waals surface area contributed by atoms with Crippen LogP contribution in [0.3, 0.4) is 0 Å². The van der Waals surface area contributed by atoms with Gasteiger partial charge in [-0.05, 0) is 6.42 Å². The van der Waals surface area contributed by atoms with Crippen LogP contribution in [0.2, 0.25) is 0 Å². The summed E-state index contributed by atoms with van der Waals surface area (Å²) in [6.45, 7) is 7.01. The molecule has 126 valence electrons. The molecule has 4 nitrogen and oxygen atoms in total. The molecule has 1 aliphatic heterocycles. The van der Waals surface area contributed by atoms with E-state index in [2.05, 4.69) is 6.92 Å². The molecule has 1 aliphatic rings. The molecule has 0 bridgehead atoms. The zero-order chi connectivity index (χ0) is 15.0. The summed E-state index contributed by atoms with van der Waals surface area (Å²) in [4.78, 5) is 0. The first-order chi connectivity index (χ1) is 10.4. The maximum absolute atomic E-state index is 5.97. The van der Waals surface area contributed by atoms with Gasteiger partial charge in [0, 0.05) is 11.5 Å². The fourth-order valence-corrected chi connectivity index (χ4v) is 3.09. The highest BCUT2D eigenvalue weighted by atomic mass is 32.2. The molecule has 0 spiro atoms. The van der Waals surface area contributed by atoms with Crippen molar-refractivity contribution in [3.05, 3.63) is 0 Å². The Bertz CT molecular complexity index is 200. The van der Waals surface area contributed by atoms with Crippen LogP contribution in [0, 0.1) is 0 Å². The van der Waals surface area contributed by atoms with E-state index in [1.807, 2.05) is 11.8 Å². The van der Waals surface area contributed by atoms with Crippen LogP contribution in [0.5, 0.6) is 0 Å². The minimum absolute atomic E-state index is 0.358. The minimum Gasteiger partial charge on any atom is -0.378 e. The van der Waals surface area contributed by atoms with Crippen molar-refractivity contribution >= 4 is 11.8 Å². The quantitative estimate of drug-likeness (QED) is 0.728. The molecule has 0 aromatic carbocycles. The number of unbranched alkanes of at least 4 members (excludes halogenated alkanes) is 3. The summed E-state index contributed by atoms with van der Waals surface area (Å²) in [7, 11) is 0. The predicted molar refractivity (Wildman–Crippen MR) is 88.3 cm³/mol. The van der Waals surface area contributed by atoms with E-state index in [9.17, 15) is 0 Å². The lowest BCUT2D eigenvalue weighted by Crippen LogP contribution is -2.20. The highest BCUT2D eigenvalue weighted by molar-refractivity contribution is 7.99. The molecule has 1 fully saturated rings. The van der Waals surface area contributed by atoms with E-state index in [0.29, 0.717) is 45.7 Å². The molecule has 1 unspecified atom stereocenters. The Morgan fingerprint density at radius 1 is 0.810 bits per heavy atom. The van der Waals surface area contributed by atoms with Crippen LogP contribution in [-0.4, -0.2) is 63.9 Å². The monoisotopic (exact) mass is 320 g/mol. The molecule has 0 aromatic heterocycles. The van der Waals surface area contributed by atoms with E-state index in [-0.39, 0.29) is 0 Å². The predicted octanol–water partition coefficient (Wildman–Crippen LogP) is 3.14. The van der Waals surface area contributed by atoms with Crippen molar-refractivity contribution in [2.75, 3.05) is 57.8 Å². The molecule has 0 saturated carbocycles. The van der Waals surface area contributed by atoms with Gasteiger partial charge in [0.05, 0.1) is 52.4 Å². The standard InChI is InChI=1S/C16H32O4S/c1-2-3-4-5-6-16-15-21-14-13-19-10-9-17-7-8-18-11-12-20-16/h16H,2-15H2,1H3. The first kappa shape index (κ1) is 19.2. The second-order valence-corrected chi connectivity index (χ2v) is 6.40. The highest BCUT2D eigenvalue weighted by Crippen LogP contribution is 2.14. The topological polar surface area (TPSA) is 36.9 Å². The van der Waals surface area contributed by atoms with Crippen molar-refractivity contribution in [1.29, 1.82) is 0 Å². The third-order valence-electron chi connectivity index (χ3n) is 3.38. The Kier molecular flexibility index (Phi) is 13.8. The molecule has 1 rings (SSSR count). The Labute approximate surface area is 134 Å². The van der Waals surface area contributed by atoms with Gasteiger partial charge >= 0.3 is 0 Å². The van der Waals surface area contributed by atoms with Gasteiger partial charge in [-0.2, -0.15) is 11.8 Å². The van der Waals surface area contributed by atoms with Crippen molar-refractivity contribution in [3.8, 4) is 0 Å². The van der Waals surface area contributed by atoms with Crippen molar-refractivity contribution in [3.63, 3.8) is 0 Å². The fraction of sp³-hybridized carbons (Fsp3) is 1.00. The zero-order valence-corrected chi connectivity index (χ0v) is 14.3. The fourth-order valence-electron chi connectivity index (χ4n) is 2.16. The molecule has 0 N–H and O–H groups in total. The van der Waals surface area contributed by atoms with Gasteiger partial charge in [0.25, 0.3) is 0 Å². The summed E-state index contributed by atoms with van der Waals surface area (Å²) < 4.78 is 22.4. The van der Waals surface area contributed by atoms with Crippen LogP contribution >= 0.6 is 11.8 Å². The first-order valence-electron chi connectivity index (χ1n) is 8.36. The average molecular weight is 320 g/mol. The number of hydrogen-bond donors (Lipinski definition) is 0. The molecule has 0 aliphatic carbocycles. The van der Waals surface area contributed by atoms with Crippen LogP contribution in [0.15, 0.2) is 0 Å². The Morgan fingerprint density at radius 2 is 1.48 bits per heavy atom. The molecule has 21 heavy (non-hydrogen) atoms. The van der Waals surface area contributed by atoms with Crippen LogP contribution in [0.1, 0.15) is 39.0 Å². The van der Waals surface area contributed by atoms with Crippen molar-refractivity contribution in [1.82, 2.24) is 0 Å². The maximum Gasteiger partial charge on any atom is 0.0704 e. The summed E-state index contributed by atoms with van der Waals surface area (Å²) in [6.07, 6.45) is 6.72. The lowest BCUT2D eigenvalue weighted by atomic mass is 10.1. The summed E-state index contributed by atoms with van der Waals surface area (Å²) in [5.74, 6) is 2.09. The van der Waals surface area contributed by atoms with E-state index < -0.39 is 0 Å². The molecule has 1 atom stereocenters. The number of rotatable bonds is 5. The normalized spacial score (nSPS) is 24.1. The molecule has 5 heteroatoms. The van der Waals surface area contributed by atoms with Gasteiger partial charge in [0.15, 0.2) is 0 Å². The number of thioether (sulfide) groups is 1. The Morgan fingerprint density at radius 3 is 2.19 bits per heavy atom. The Hall–Kier alpha value is 0.190. The highest BCUT2D eigenvalue weighted by Gasteiger charge is 2.09. The van der Waals surface area contributed by atoms with Gasteiger partial charge < -0.3 is 18.9 Å². The van der Waals surface area contributed by atoms with E-state index in [1.54, 1.807) is 0 Å². The molecular weight excluding hydrogens is 288 g/mol. The summed E-state index contributed by atoms with van der Waals surface area (Å²) in [6, 6.07) is 0.